The minimum atomic E-state index is -0.109. The van der Waals surface area contributed by atoms with Gasteiger partial charge < -0.3 is 15.7 Å². The molecule has 0 unspecified atom stereocenters. The molecule has 0 bridgehead atoms. The van der Waals surface area contributed by atoms with E-state index in [-0.39, 0.29) is 18.6 Å². The van der Waals surface area contributed by atoms with Crippen LogP contribution in [0.4, 0.5) is 5.69 Å². The van der Waals surface area contributed by atoms with Crippen LogP contribution in [-0.2, 0) is 6.54 Å². The van der Waals surface area contributed by atoms with E-state index in [0.29, 0.717) is 24.5 Å². The number of amides is 1. The van der Waals surface area contributed by atoms with Gasteiger partial charge in [-0.3, -0.25) is 9.48 Å². The Kier molecular flexibility index (Phi) is 5.00. The number of nitrogens with two attached hydrogens (primary N) is 1. The molecular formula is C14H24N4O2. The van der Waals surface area contributed by atoms with Crippen molar-refractivity contribution in [2.24, 2.45) is 0 Å². The average Bonchev–Trinajstić information content (AvgIpc) is 2.86. The lowest BCUT2D eigenvalue weighted by molar-refractivity contribution is 0.0574. The van der Waals surface area contributed by atoms with Crippen molar-refractivity contribution in [1.29, 1.82) is 0 Å². The van der Waals surface area contributed by atoms with Crippen LogP contribution in [-0.4, -0.2) is 44.9 Å². The van der Waals surface area contributed by atoms with Crippen molar-refractivity contribution in [3.8, 4) is 0 Å². The molecule has 0 aliphatic heterocycles. The molecule has 1 aromatic rings. The van der Waals surface area contributed by atoms with E-state index in [0.717, 1.165) is 25.7 Å². The van der Waals surface area contributed by atoms with Crippen molar-refractivity contribution in [3.05, 3.63) is 11.9 Å². The highest BCUT2D eigenvalue weighted by atomic mass is 16.3. The van der Waals surface area contributed by atoms with Gasteiger partial charge in [-0.1, -0.05) is 19.3 Å². The van der Waals surface area contributed by atoms with Gasteiger partial charge in [-0.15, -0.1) is 0 Å². The van der Waals surface area contributed by atoms with Gasteiger partial charge in [0.05, 0.1) is 18.5 Å². The highest BCUT2D eigenvalue weighted by Crippen LogP contribution is 2.25. The third-order valence-corrected chi connectivity index (χ3v) is 3.99. The summed E-state index contributed by atoms with van der Waals surface area (Å²) in [5, 5.41) is 13.4. The number of aliphatic hydroxyl groups excluding tert-OH is 1. The summed E-state index contributed by atoms with van der Waals surface area (Å²) in [5.74, 6) is -0.109. The van der Waals surface area contributed by atoms with Crippen molar-refractivity contribution >= 4 is 11.6 Å². The van der Waals surface area contributed by atoms with Crippen LogP contribution in [0.1, 0.15) is 49.5 Å². The lowest BCUT2D eigenvalue weighted by Crippen LogP contribution is -2.44. The third-order valence-electron chi connectivity index (χ3n) is 3.99. The highest BCUT2D eigenvalue weighted by molar-refractivity contribution is 5.97. The Morgan fingerprint density at radius 1 is 1.50 bits per heavy atom. The van der Waals surface area contributed by atoms with Crippen LogP contribution in [0, 0.1) is 0 Å². The van der Waals surface area contributed by atoms with Crippen LogP contribution >= 0.6 is 0 Å². The van der Waals surface area contributed by atoms with Gasteiger partial charge in [0.2, 0.25) is 0 Å². The summed E-state index contributed by atoms with van der Waals surface area (Å²) >= 11 is 0. The standard InChI is InChI=1S/C14H24N4O2/c1-2-18-13(12(15)10-16-18)14(20)17(8-9-19)11-6-4-3-5-7-11/h10-11,19H,2-9,15H2,1H3. The smallest absolute Gasteiger partial charge is 0.274 e. The molecule has 1 fully saturated rings. The molecular weight excluding hydrogens is 256 g/mol. The molecule has 1 aromatic heterocycles. The molecule has 6 heteroatoms. The number of aromatic nitrogens is 2. The molecule has 1 aliphatic carbocycles. The predicted octanol–water partition coefficient (Wildman–Crippen LogP) is 1.25. The number of hydrogen-bond acceptors (Lipinski definition) is 4. The van der Waals surface area contributed by atoms with Crippen molar-refractivity contribution in [3.63, 3.8) is 0 Å². The summed E-state index contributed by atoms with van der Waals surface area (Å²) in [7, 11) is 0. The monoisotopic (exact) mass is 280 g/mol. The molecule has 0 aromatic carbocycles. The Morgan fingerprint density at radius 3 is 2.80 bits per heavy atom. The number of nitrogen functional groups attached to an aromatic ring is 1. The molecule has 1 amide bonds. The van der Waals surface area contributed by atoms with Crippen LogP contribution in [0.3, 0.4) is 0 Å². The number of nitrogens with zero attached hydrogens (tertiary/aromatic N) is 3. The summed E-state index contributed by atoms with van der Waals surface area (Å²) in [6.45, 7) is 2.87. The second kappa shape index (κ2) is 6.74. The molecule has 6 nitrogen and oxygen atoms in total. The molecule has 0 saturated heterocycles. The Bertz CT molecular complexity index is 452. The van der Waals surface area contributed by atoms with E-state index in [1.807, 2.05) is 6.92 Å². The Labute approximate surface area is 119 Å². The Morgan fingerprint density at radius 2 is 2.20 bits per heavy atom. The second-order valence-corrected chi connectivity index (χ2v) is 5.28. The topological polar surface area (TPSA) is 84.4 Å². The van der Waals surface area contributed by atoms with Crippen molar-refractivity contribution in [2.75, 3.05) is 18.9 Å². The zero-order valence-electron chi connectivity index (χ0n) is 12.1. The summed E-state index contributed by atoms with van der Waals surface area (Å²) in [4.78, 5) is 14.5. The number of anilines is 1. The normalized spacial score (nSPS) is 16.3. The van der Waals surface area contributed by atoms with Gasteiger partial charge in [0.1, 0.15) is 5.69 Å². The molecule has 112 valence electrons. The maximum absolute atomic E-state index is 12.8. The number of aliphatic hydroxyl groups is 1. The highest BCUT2D eigenvalue weighted by Gasteiger charge is 2.29. The van der Waals surface area contributed by atoms with Gasteiger partial charge in [0.25, 0.3) is 5.91 Å². The largest absolute Gasteiger partial charge is 0.396 e. The molecule has 1 aliphatic rings. The molecule has 3 N–H and O–H groups in total. The Balaban J connectivity index is 2.23. The first-order chi connectivity index (χ1) is 9.69. The minimum Gasteiger partial charge on any atom is -0.396 e. The fourth-order valence-electron chi connectivity index (χ4n) is 2.96. The van der Waals surface area contributed by atoms with Crippen LogP contribution in [0.5, 0.6) is 0 Å². The maximum atomic E-state index is 12.8. The Hall–Kier alpha value is -1.56. The lowest BCUT2D eigenvalue weighted by Gasteiger charge is -2.34. The molecule has 0 atom stereocenters. The first-order valence-corrected chi connectivity index (χ1v) is 7.42. The van der Waals surface area contributed by atoms with E-state index in [9.17, 15) is 9.90 Å². The maximum Gasteiger partial charge on any atom is 0.274 e. The van der Waals surface area contributed by atoms with E-state index in [1.165, 1.54) is 12.6 Å². The molecule has 0 spiro atoms. The number of carbonyl (C=O) groups is 1. The molecule has 0 radical (unpaired) electrons. The summed E-state index contributed by atoms with van der Waals surface area (Å²) < 4.78 is 1.63. The second-order valence-electron chi connectivity index (χ2n) is 5.28. The van der Waals surface area contributed by atoms with E-state index in [2.05, 4.69) is 5.10 Å². The van der Waals surface area contributed by atoms with Crippen molar-refractivity contribution < 1.29 is 9.90 Å². The molecule has 20 heavy (non-hydrogen) atoms. The minimum absolute atomic E-state index is 0.0254. The van der Waals surface area contributed by atoms with Gasteiger partial charge in [-0.2, -0.15) is 5.10 Å². The SMILES string of the molecule is CCn1ncc(N)c1C(=O)N(CCO)C1CCCCC1. The first-order valence-electron chi connectivity index (χ1n) is 7.42. The number of rotatable bonds is 5. The summed E-state index contributed by atoms with van der Waals surface area (Å²) in [6, 6.07) is 0.211. The van der Waals surface area contributed by atoms with E-state index in [4.69, 9.17) is 5.73 Å². The van der Waals surface area contributed by atoms with Gasteiger partial charge in [0, 0.05) is 19.1 Å². The van der Waals surface area contributed by atoms with Crippen molar-refractivity contribution in [1.82, 2.24) is 14.7 Å². The van der Waals surface area contributed by atoms with Crippen LogP contribution in [0.2, 0.25) is 0 Å². The van der Waals surface area contributed by atoms with Crippen molar-refractivity contribution in [2.45, 2.75) is 51.6 Å². The fourth-order valence-corrected chi connectivity index (χ4v) is 2.96. The molecule has 1 heterocycles. The van der Waals surface area contributed by atoms with E-state index < -0.39 is 0 Å². The fraction of sp³-hybridized carbons (Fsp3) is 0.714. The van der Waals surface area contributed by atoms with E-state index >= 15 is 0 Å². The van der Waals surface area contributed by atoms with Crippen LogP contribution in [0.15, 0.2) is 6.20 Å². The summed E-state index contributed by atoms with van der Waals surface area (Å²) in [6.07, 6.45) is 7.05. The first kappa shape index (κ1) is 14.8. The average molecular weight is 280 g/mol. The zero-order valence-corrected chi connectivity index (χ0v) is 12.1. The molecule has 2 rings (SSSR count). The summed E-state index contributed by atoms with van der Waals surface area (Å²) in [5.41, 5.74) is 6.75. The number of aryl methyl sites for hydroxylation is 1. The number of hydrogen-bond donors (Lipinski definition) is 2. The zero-order chi connectivity index (χ0) is 14.5. The van der Waals surface area contributed by atoms with E-state index in [1.54, 1.807) is 9.58 Å². The van der Waals surface area contributed by atoms with Crippen LogP contribution in [0.25, 0.3) is 0 Å². The lowest BCUT2D eigenvalue weighted by atomic mass is 9.94. The third kappa shape index (κ3) is 2.95. The van der Waals surface area contributed by atoms with Gasteiger partial charge in [-0.05, 0) is 19.8 Å². The quantitative estimate of drug-likeness (QED) is 0.850. The van der Waals surface area contributed by atoms with Gasteiger partial charge in [-0.25, -0.2) is 0 Å². The van der Waals surface area contributed by atoms with Crippen LogP contribution < -0.4 is 5.73 Å². The molecule has 1 saturated carbocycles. The van der Waals surface area contributed by atoms with Gasteiger partial charge in [0.15, 0.2) is 0 Å². The predicted molar refractivity (Wildman–Crippen MR) is 77.3 cm³/mol. The van der Waals surface area contributed by atoms with Gasteiger partial charge >= 0.3 is 0 Å². The number of carbonyl (C=O) groups excluding carboxylic acids is 1.